The van der Waals surface area contributed by atoms with Crippen molar-refractivity contribution >= 4 is 3.21 Å². The van der Waals surface area contributed by atoms with E-state index >= 15 is 0 Å². The molecule has 2 aliphatic rings. The van der Waals surface area contributed by atoms with Gasteiger partial charge in [-0.25, -0.2) is 12.1 Å². The summed E-state index contributed by atoms with van der Waals surface area (Å²) in [5.41, 5.74) is 10.4. The van der Waals surface area contributed by atoms with Gasteiger partial charge in [-0.2, -0.15) is 42.0 Å². The maximum Gasteiger partial charge on any atom is -0.0184 e. The van der Waals surface area contributed by atoms with Crippen molar-refractivity contribution in [1.82, 2.24) is 0 Å². The summed E-state index contributed by atoms with van der Waals surface area (Å²) in [6.45, 7) is 0. The average molecular weight is 556 g/mol. The predicted octanol–water partition coefficient (Wildman–Crippen LogP) is 9.47. The molecule has 0 N–H and O–H groups in total. The Labute approximate surface area is 236 Å². The van der Waals surface area contributed by atoms with Crippen LogP contribution in [0, 0.1) is 6.07 Å². The van der Waals surface area contributed by atoms with Gasteiger partial charge < -0.3 is 0 Å². The first-order chi connectivity index (χ1) is 18.3. The first kappa shape index (κ1) is 25.6. The molecular weight excluding hydrogens is 524 g/mol. The van der Waals surface area contributed by atoms with Crippen LogP contribution >= 0.6 is 0 Å². The largest absolute Gasteiger partial charge is 0.214 e. The quantitative estimate of drug-likeness (QED) is 0.187. The van der Waals surface area contributed by atoms with E-state index in [2.05, 4.69) is 97.1 Å². The molecule has 0 aromatic heterocycles. The summed E-state index contributed by atoms with van der Waals surface area (Å²) < 4.78 is 1.80. The van der Waals surface area contributed by atoms with E-state index in [-0.39, 0.29) is 0 Å². The monoisotopic (exact) mass is 554 g/mol. The molecule has 0 atom stereocenters. The summed E-state index contributed by atoms with van der Waals surface area (Å²) in [6.07, 6.45) is 8.30. The Kier molecular flexibility index (Phi) is 8.99. The van der Waals surface area contributed by atoms with Crippen LogP contribution in [0.25, 0.3) is 33.4 Å². The van der Waals surface area contributed by atoms with Crippen LogP contribution in [-0.2, 0) is 30.7 Å². The van der Waals surface area contributed by atoms with E-state index in [9.17, 15) is 0 Å². The molecule has 5 aromatic rings. The number of hydrogen-bond donors (Lipinski definition) is 0. The van der Waals surface area contributed by atoms with Crippen LogP contribution in [0.1, 0.15) is 43.2 Å². The first-order valence-electron chi connectivity index (χ1n) is 13.3. The van der Waals surface area contributed by atoms with Crippen molar-refractivity contribution in [2.45, 2.75) is 38.5 Å². The van der Waals surface area contributed by atoms with E-state index in [1.807, 2.05) is 30.3 Å². The van der Waals surface area contributed by atoms with Crippen molar-refractivity contribution in [1.29, 1.82) is 0 Å². The van der Waals surface area contributed by atoms with Crippen molar-refractivity contribution in [2.24, 2.45) is 0 Å². The molecule has 5 aromatic carbocycles. The van der Waals surface area contributed by atoms with Gasteiger partial charge in [0.25, 0.3) is 0 Å². The van der Waals surface area contributed by atoms with Gasteiger partial charge in [-0.15, -0.1) is 11.1 Å². The standard InChI is InChI=1S/C25H17.C6H10.C5H5.Zr/c1-3-7-18(8-4-1)20-11-13-22-15-23-14-12-21(17-25(23)24(22)16-20)19-9-5-2-6-10-19;1-2-4-6-5-3-1;1-2-4-5-3-1;/h1-13,16-17H,15H2;1-5H2;1-5H;/q-1;;-1;+2. The van der Waals surface area contributed by atoms with Gasteiger partial charge in [0.1, 0.15) is 0 Å². The minimum absolute atomic E-state index is 0.981. The van der Waals surface area contributed by atoms with E-state index < -0.39 is 0 Å². The molecule has 37 heavy (non-hydrogen) atoms. The third-order valence-corrected chi connectivity index (χ3v) is 8.25. The number of rotatable bonds is 2. The summed E-state index contributed by atoms with van der Waals surface area (Å²) in [7, 11) is 0. The number of hydrogen-bond acceptors (Lipinski definition) is 0. The van der Waals surface area contributed by atoms with Gasteiger partial charge in [0.15, 0.2) is 0 Å². The van der Waals surface area contributed by atoms with Crippen molar-refractivity contribution in [2.75, 3.05) is 0 Å². The molecule has 0 unspecified atom stereocenters. The maximum atomic E-state index is 3.52. The van der Waals surface area contributed by atoms with Crippen molar-refractivity contribution in [3.8, 4) is 33.4 Å². The molecule has 0 saturated heterocycles. The molecule has 180 valence electrons. The van der Waals surface area contributed by atoms with Crippen LogP contribution in [0.4, 0.5) is 0 Å². The van der Waals surface area contributed by atoms with Crippen LogP contribution in [0.5, 0.6) is 0 Å². The molecule has 0 amide bonds. The zero-order chi connectivity index (χ0) is 25.3. The molecule has 2 aliphatic carbocycles. The Balaban J connectivity index is 0.000000192. The number of benzene rings is 4. The van der Waals surface area contributed by atoms with Gasteiger partial charge in [-0.05, 0) is 17.5 Å². The first-order valence-corrected chi connectivity index (χ1v) is 14.5. The van der Waals surface area contributed by atoms with E-state index in [4.69, 9.17) is 0 Å². The SMILES string of the molecule is [Zr+2]=[C]1CCCCC1.[c-]1cc(-c2ccccc2)cc2c1Cc1ccc(-c3ccccc3)cc1-2.c1cc[cH-]c1. The van der Waals surface area contributed by atoms with E-state index in [1.165, 1.54) is 76.6 Å². The zero-order valence-corrected chi connectivity index (χ0v) is 23.7. The van der Waals surface area contributed by atoms with Crippen LogP contribution in [0.15, 0.2) is 121 Å². The summed E-state index contributed by atoms with van der Waals surface area (Å²) in [5.74, 6) is 0. The van der Waals surface area contributed by atoms with Crippen LogP contribution < -0.4 is 0 Å². The Morgan fingerprint density at radius 1 is 0.595 bits per heavy atom. The zero-order valence-electron chi connectivity index (χ0n) is 21.3. The summed E-state index contributed by atoms with van der Waals surface area (Å²) in [6, 6.07) is 45.9. The molecule has 1 heteroatoms. The van der Waals surface area contributed by atoms with E-state index in [0.29, 0.717) is 0 Å². The fourth-order valence-electron chi connectivity index (χ4n) is 4.99. The second kappa shape index (κ2) is 13.0. The molecule has 1 fully saturated rings. The average Bonchev–Trinajstić information content (AvgIpc) is 3.66. The second-order valence-electron chi connectivity index (χ2n) is 9.69. The third-order valence-electron chi connectivity index (χ3n) is 7.02. The summed E-state index contributed by atoms with van der Waals surface area (Å²) >= 11 is 1.69. The van der Waals surface area contributed by atoms with Gasteiger partial charge in [0, 0.05) is 0 Å². The fourth-order valence-corrected chi connectivity index (χ4v) is 5.86. The van der Waals surface area contributed by atoms with Crippen LogP contribution in [0.3, 0.4) is 0 Å². The van der Waals surface area contributed by atoms with Crippen molar-refractivity contribution in [3.63, 3.8) is 0 Å². The Morgan fingerprint density at radius 3 is 1.78 bits per heavy atom. The maximum absolute atomic E-state index is 3.52. The predicted molar refractivity (Wildman–Crippen MR) is 155 cm³/mol. The normalized spacial score (nSPS) is 13.4. The molecule has 0 heterocycles. The molecule has 0 spiro atoms. The van der Waals surface area contributed by atoms with Crippen molar-refractivity contribution < 1.29 is 24.2 Å². The van der Waals surface area contributed by atoms with Gasteiger partial charge in [-0.1, -0.05) is 95.6 Å². The van der Waals surface area contributed by atoms with Gasteiger partial charge in [-0.3, -0.25) is 0 Å². The molecule has 0 bridgehead atoms. The Morgan fingerprint density at radius 2 is 1.22 bits per heavy atom. The van der Waals surface area contributed by atoms with Crippen molar-refractivity contribution in [3.05, 3.63) is 139 Å². The van der Waals surface area contributed by atoms with Gasteiger partial charge in [0.2, 0.25) is 0 Å². The third kappa shape index (κ3) is 6.85. The summed E-state index contributed by atoms with van der Waals surface area (Å²) in [5, 5.41) is 0. The minimum atomic E-state index is 0.981. The topological polar surface area (TPSA) is 0 Å². The Hall–Kier alpha value is -3.02. The van der Waals surface area contributed by atoms with Crippen LogP contribution in [-0.4, -0.2) is 3.21 Å². The second-order valence-corrected chi connectivity index (χ2v) is 11.4. The number of fused-ring (bicyclic) bond motifs is 3. The molecule has 0 radical (unpaired) electrons. The van der Waals surface area contributed by atoms with E-state index in [1.54, 1.807) is 27.4 Å². The molecule has 7 rings (SSSR count). The van der Waals surface area contributed by atoms with E-state index in [0.717, 1.165) is 6.42 Å². The molecular formula is C36H32Zr. The van der Waals surface area contributed by atoms with Crippen LogP contribution in [0.2, 0.25) is 0 Å². The minimum Gasteiger partial charge on any atom is -0.214 e. The molecule has 0 nitrogen and oxygen atoms in total. The van der Waals surface area contributed by atoms with Gasteiger partial charge in [0.05, 0.1) is 0 Å². The fraction of sp³-hybridized carbons (Fsp3) is 0.167. The Bertz CT molecular complexity index is 1300. The van der Waals surface area contributed by atoms with Gasteiger partial charge >= 0.3 is 59.5 Å². The molecule has 1 saturated carbocycles. The summed E-state index contributed by atoms with van der Waals surface area (Å²) in [4.78, 5) is 0. The smallest absolute Gasteiger partial charge is 0.0184 e. The molecule has 0 aliphatic heterocycles.